The zero-order chi connectivity index (χ0) is 20.6. The molecule has 0 aliphatic carbocycles. The van der Waals surface area contributed by atoms with E-state index in [2.05, 4.69) is 5.43 Å². The number of rotatable bonds is 3. The largest absolute Gasteiger partial charge is 0.415 e. The van der Waals surface area contributed by atoms with E-state index in [1.807, 2.05) is 0 Å². The molecular formula is C16H19F3N4O5. The summed E-state index contributed by atoms with van der Waals surface area (Å²) in [5.74, 6) is -1.75. The Morgan fingerprint density at radius 3 is 2.79 bits per heavy atom. The first kappa shape index (κ1) is 20.0. The lowest BCUT2D eigenvalue weighted by molar-refractivity contribution is -0.172. The molecule has 1 aromatic heterocycles. The van der Waals surface area contributed by atoms with Crippen LogP contribution in [-0.2, 0) is 0 Å². The molecule has 2 atom stereocenters. The van der Waals surface area contributed by atoms with Gasteiger partial charge in [-0.15, -0.1) is 0 Å². The van der Waals surface area contributed by atoms with Gasteiger partial charge in [0.1, 0.15) is 12.7 Å². The average Bonchev–Trinajstić information content (AvgIpc) is 3.12. The van der Waals surface area contributed by atoms with Crippen LogP contribution in [0.15, 0.2) is 17.1 Å². The number of carbonyl (C=O) groups is 2. The van der Waals surface area contributed by atoms with Crippen LogP contribution in [0.3, 0.4) is 0 Å². The highest BCUT2D eigenvalue weighted by molar-refractivity contribution is 5.97. The lowest BCUT2D eigenvalue weighted by atomic mass is 10.2. The van der Waals surface area contributed by atoms with Gasteiger partial charge >= 0.3 is 12.3 Å². The van der Waals surface area contributed by atoms with Crippen molar-refractivity contribution in [1.82, 2.24) is 14.5 Å². The number of likely N-dealkylation sites (tertiary alicyclic amines) is 1. The number of aliphatic hydroxyl groups excluding tert-OH is 1. The molecule has 2 aliphatic heterocycles. The number of nitrogens with zero attached hydrogens (tertiary/aromatic N) is 3. The molecule has 154 valence electrons. The molecule has 0 unspecified atom stereocenters. The first-order valence-corrected chi connectivity index (χ1v) is 8.61. The first-order chi connectivity index (χ1) is 13.1. The van der Waals surface area contributed by atoms with Crippen LogP contribution in [0.4, 0.5) is 18.0 Å². The molecular weight excluding hydrogens is 385 g/mol. The molecule has 0 spiro atoms. The van der Waals surface area contributed by atoms with Crippen LogP contribution in [0.25, 0.3) is 0 Å². The van der Waals surface area contributed by atoms with E-state index < -0.39 is 53.8 Å². The number of pyridine rings is 1. The molecule has 3 rings (SSSR count). The highest BCUT2D eigenvalue weighted by Gasteiger charge is 2.45. The third kappa shape index (κ3) is 3.51. The Morgan fingerprint density at radius 2 is 2.14 bits per heavy atom. The number of aliphatic hydroxyl groups is 1. The predicted octanol–water partition coefficient (Wildman–Crippen LogP) is 0.711. The van der Waals surface area contributed by atoms with Gasteiger partial charge < -0.3 is 25.1 Å². The highest BCUT2D eigenvalue weighted by Crippen LogP contribution is 2.28. The minimum absolute atomic E-state index is 0.293. The van der Waals surface area contributed by atoms with Crippen molar-refractivity contribution in [2.45, 2.75) is 38.0 Å². The summed E-state index contributed by atoms with van der Waals surface area (Å²) in [6.45, 7) is 0.377. The number of aromatic nitrogens is 1. The van der Waals surface area contributed by atoms with Crippen molar-refractivity contribution in [2.75, 3.05) is 25.2 Å². The van der Waals surface area contributed by atoms with Crippen LogP contribution in [0.5, 0.6) is 5.75 Å². The number of ether oxygens (including phenoxy) is 1. The Balaban J connectivity index is 1.94. The number of alkyl halides is 3. The van der Waals surface area contributed by atoms with Crippen molar-refractivity contribution in [3.8, 4) is 5.75 Å². The third-order valence-corrected chi connectivity index (χ3v) is 4.88. The molecule has 1 aromatic rings. The number of hydrogen-bond acceptors (Lipinski definition) is 6. The van der Waals surface area contributed by atoms with Gasteiger partial charge in [0, 0.05) is 18.8 Å². The zero-order valence-electron chi connectivity index (χ0n) is 14.9. The Kier molecular flexibility index (Phi) is 5.24. The van der Waals surface area contributed by atoms with Gasteiger partial charge in [-0.2, -0.15) is 13.2 Å². The summed E-state index contributed by atoms with van der Waals surface area (Å²) in [5.41, 5.74) is 1.24. The van der Waals surface area contributed by atoms with Crippen molar-refractivity contribution < 1.29 is 32.6 Å². The fourth-order valence-corrected chi connectivity index (χ4v) is 3.21. The molecule has 28 heavy (non-hydrogen) atoms. The average molecular weight is 404 g/mol. The molecule has 0 bridgehead atoms. The Morgan fingerprint density at radius 1 is 1.43 bits per heavy atom. The fourth-order valence-electron chi connectivity index (χ4n) is 3.21. The van der Waals surface area contributed by atoms with Crippen molar-refractivity contribution in [3.05, 3.63) is 28.2 Å². The highest BCUT2D eigenvalue weighted by atomic mass is 19.4. The number of halogens is 3. The molecule has 2 N–H and O–H groups in total. The lowest BCUT2D eigenvalue weighted by Crippen LogP contribution is -2.54. The van der Waals surface area contributed by atoms with Gasteiger partial charge in [-0.1, -0.05) is 0 Å². The predicted molar refractivity (Wildman–Crippen MR) is 89.5 cm³/mol. The van der Waals surface area contributed by atoms with Gasteiger partial charge in [-0.25, -0.2) is 4.79 Å². The zero-order valence-corrected chi connectivity index (χ0v) is 14.9. The molecule has 0 aromatic carbocycles. The lowest BCUT2D eigenvalue weighted by Gasteiger charge is -2.36. The normalized spacial score (nSPS) is 20.6. The van der Waals surface area contributed by atoms with Crippen LogP contribution >= 0.6 is 0 Å². The van der Waals surface area contributed by atoms with Gasteiger partial charge in [0.25, 0.3) is 5.91 Å². The van der Waals surface area contributed by atoms with E-state index in [-0.39, 0.29) is 6.61 Å². The Hall–Kier alpha value is -2.76. The fraction of sp³-hybridized carbons (Fsp3) is 0.562. The van der Waals surface area contributed by atoms with Crippen LogP contribution < -0.4 is 15.6 Å². The van der Waals surface area contributed by atoms with Gasteiger partial charge in [-0.3, -0.25) is 14.3 Å². The number of nitrogens with one attached hydrogen (secondary N) is 1. The summed E-state index contributed by atoms with van der Waals surface area (Å²) in [5, 5.41) is 9.32. The molecule has 2 aliphatic rings. The Labute approximate surface area is 157 Å². The van der Waals surface area contributed by atoms with E-state index in [0.29, 0.717) is 24.3 Å². The van der Waals surface area contributed by atoms with Crippen molar-refractivity contribution in [1.29, 1.82) is 0 Å². The third-order valence-electron chi connectivity index (χ3n) is 4.88. The maximum Gasteiger partial charge on any atom is 0.415 e. The maximum absolute atomic E-state index is 13.1. The minimum atomic E-state index is -4.67. The molecule has 1 saturated heterocycles. The monoisotopic (exact) mass is 404 g/mol. The van der Waals surface area contributed by atoms with Gasteiger partial charge in [0.15, 0.2) is 5.69 Å². The van der Waals surface area contributed by atoms with Crippen LogP contribution in [0, 0.1) is 0 Å². The summed E-state index contributed by atoms with van der Waals surface area (Å²) in [7, 11) is 0. The van der Waals surface area contributed by atoms with Crippen molar-refractivity contribution in [2.24, 2.45) is 0 Å². The molecule has 2 amide bonds. The first-order valence-electron chi connectivity index (χ1n) is 8.61. The summed E-state index contributed by atoms with van der Waals surface area (Å²) >= 11 is 0. The number of fused-ring (bicyclic) bond motifs is 1. The summed E-state index contributed by atoms with van der Waals surface area (Å²) in [6.07, 6.45) is -3.26. The van der Waals surface area contributed by atoms with Gasteiger partial charge in [0.05, 0.1) is 12.6 Å². The summed E-state index contributed by atoms with van der Waals surface area (Å²) < 4.78 is 45.3. The summed E-state index contributed by atoms with van der Waals surface area (Å²) in [4.78, 5) is 39.1. The quantitative estimate of drug-likeness (QED) is 0.769. The molecule has 12 heteroatoms. The van der Waals surface area contributed by atoms with E-state index in [1.165, 1.54) is 11.1 Å². The summed E-state index contributed by atoms with van der Waals surface area (Å²) in [6, 6.07) is -1.56. The number of carbonyl (C=O) groups excluding carboxylic acids is 2. The van der Waals surface area contributed by atoms with Gasteiger partial charge in [-0.05, 0) is 19.8 Å². The number of amides is 2. The van der Waals surface area contributed by atoms with E-state index >= 15 is 0 Å². The van der Waals surface area contributed by atoms with Crippen molar-refractivity contribution >= 4 is 12.0 Å². The number of hydrogen-bond donors (Lipinski definition) is 2. The van der Waals surface area contributed by atoms with Crippen LogP contribution in [0.2, 0.25) is 0 Å². The minimum Gasteiger partial charge on any atom is -0.403 e. The topological polar surface area (TPSA) is 104 Å². The standard InChI is InChI=1S/C16H19F3N4O5/c1-9(16(17,18)19)22-8-20-23-6-4-11(25)13(12(23)14(22)26)28-15(27)21-5-2-3-10(21)7-24/h4,6,9-10,20,24H,2-3,5,7-8H2,1H3/t9-,10+/m1/s1. The SMILES string of the molecule is C[C@@H](N1CNn2ccc(=O)c(OC(=O)N3CCC[C@H]3CO)c2C1=O)C(F)(F)F. The van der Waals surface area contributed by atoms with E-state index in [4.69, 9.17) is 4.74 Å². The second-order valence-corrected chi connectivity index (χ2v) is 6.58. The van der Waals surface area contributed by atoms with E-state index in [9.17, 15) is 32.7 Å². The van der Waals surface area contributed by atoms with Crippen LogP contribution in [0.1, 0.15) is 30.3 Å². The molecule has 9 nitrogen and oxygen atoms in total. The maximum atomic E-state index is 13.1. The molecule has 0 saturated carbocycles. The molecule has 3 heterocycles. The van der Waals surface area contributed by atoms with Gasteiger partial charge in [0.2, 0.25) is 11.2 Å². The van der Waals surface area contributed by atoms with Crippen molar-refractivity contribution in [3.63, 3.8) is 0 Å². The smallest absolute Gasteiger partial charge is 0.403 e. The second-order valence-electron chi connectivity index (χ2n) is 6.58. The van der Waals surface area contributed by atoms with E-state index in [0.717, 1.165) is 17.7 Å². The molecule has 0 radical (unpaired) electrons. The van der Waals surface area contributed by atoms with Crippen LogP contribution in [-0.4, -0.2) is 69.7 Å². The molecule has 1 fully saturated rings. The second kappa shape index (κ2) is 7.34. The van der Waals surface area contributed by atoms with E-state index in [1.54, 1.807) is 0 Å². The Bertz CT molecular complexity index is 841.